The van der Waals surface area contributed by atoms with E-state index in [-0.39, 0.29) is 17.4 Å². The van der Waals surface area contributed by atoms with Crippen LogP contribution < -0.4 is 11.0 Å². The van der Waals surface area contributed by atoms with Crippen molar-refractivity contribution >= 4 is 34.7 Å². The number of rotatable bonds is 6. The largest absolute Gasteiger partial charge is 0.350 e. The lowest BCUT2D eigenvalue weighted by molar-refractivity contribution is -0.111. The average molecular weight is 471 g/mol. The fraction of sp³-hybridized carbons (Fsp3) is 0.0385. The van der Waals surface area contributed by atoms with Gasteiger partial charge in [0.05, 0.1) is 6.54 Å². The number of halogens is 1. The maximum atomic E-state index is 13.1. The molecular weight excluding hydrogens is 451 g/mol. The van der Waals surface area contributed by atoms with Crippen LogP contribution in [0.25, 0.3) is 22.2 Å². The highest BCUT2D eigenvalue weighted by Gasteiger charge is 2.08. The van der Waals surface area contributed by atoms with Crippen LogP contribution in [0.5, 0.6) is 0 Å². The summed E-state index contributed by atoms with van der Waals surface area (Å²) >= 11 is 1.52. The summed E-state index contributed by atoms with van der Waals surface area (Å²) in [5.74, 6) is -0.537. The monoisotopic (exact) mass is 470 g/mol. The maximum Gasteiger partial charge on any atom is 0.350 e. The number of nitrogens with one attached hydrogen (secondary N) is 1. The summed E-state index contributed by atoms with van der Waals surface area (Å²) in [6, 6.07) is 22.9. The van der Waals surface area contributed by atoms with Crippen LogP contribution in [0.3, 0.4) is 0 Å². The summed E-state index contributed by atoms with van der Waals surface area (Å²) in [6.45, 7) is 0.293. The molecule has 3 aromatic heterocycles. The number of hydrogen-bond acceptors (Lipinski definition) is 4. The molecule has 168 valence electrons. The van der Waals surface area contributed by atoms with Crippen molar-refractivity contribution < 1.29 is 9.18 Å². The number of thiophene rings is 1. The van der Waals surface area contributed by atoms with Gasteiger partial charge in [0.1, 0.15) is 5.82 Å². The van der Waals surface area contributed by atoms with Crippen molar-refractivity contribution in [2.75, 3.05) is 5.32 Å². The van der Waals surface area contributed by atoms with E-state index in [1.54, 1.807) is 42.6 Å². The SMILES string of the molecule is O=C(/C=C/c1ccc(-c2ccc(F)cc2)s1)Nc1cccc(Cn2nc3ccccn3c2=O)c1. The number of carbonyl (C=O) groups is 1. The van der Waals surface area contributed by atoms with Crippen LogP contribution >= 0.6 is 11.3 Å². The standard InChI is InChI=1S/C26H19FN4O2S/c27-20-9-7-19(8-10-20)23-13-11-22(34-23)12-14-25(32)28-21-5-3-4-18(16-21)17-31-26(33)30-15-2-1-6-24(30)29-31/h1-16H,17H2,(H,28,32)/b14-12+. The smallest absolute Gasteiger partial charge is 0.323 e. The molecule has 1 N–H and O–H groups in total. The number of hydrogen-bond donors (Lipinski definition) is 1. The van der Waals surface area contributed by atoms with Crippen molar-refractivity contribution in [2.24, 2.45) is 0 Å². The second-order valence-corrected chi connectivity index (χ2v) is 8.72. The van der Waals surface area contributed by atoms with Gasteiger partial charge >= 0.3 is 5.69 Å². The molecule has 1 amide bonds. The van der Waals surface area contributed by atoms with Gasteiger partial charge in [0.2, 0.25) is 5.91 Å². The molecule has 2 aromatic carbocycles. The van der Waals surface area contributed by atoms with E-state index in [0.29, 0.717) is 17.9 Å². The van der Waals surface area contributed by atoms with E-state index in [1.807, 2.05) is 36.4 Å². The van der Waals surface area contributed by atoms with Crippen LogP contribution in [-0.2, 0) is 11.3 Å². The molecule has 6 nitrogen and oxygen atoms in total. The molecule has 0 fully saturated rings. The maximum absolute atomic E-state index is 13.1. The topological polar surface area (TPSA) is 68.4 Å². The van der Waals surface area contributed by atoms with Crippen LogP contribution in [0.1, 0.15) is 10.4 Å². The Labute approximate surface area is 198 Å². The highest BCUT2D eigenvalue weighted by atomic mass is 32.1. The van der Waals surface area contributed by atoms with Crippen LogP contribution in [0, 0.1) is 5.82 Å². The van der Waals surface area contributed by atoms with Crippen molar-refractivity contribution in [1.82, 2.24) is 14.2 Å². The third-order valence-electron chi connectivity index (χ3n) is 5.17. The van der Waals surface area contributed by atoms with E-state index in [2.05, 4.69) is 10.4 Å². The van der Waals surface area contributed by atoms with Crippen LogP contribution in [0.2, 0.25) is 0 Å². The molecule has 0 bridgehead atoms. The number of amides is 1. The zero-order chi connectivity index (χ0) is 23.5. The van der Waals surface area contributed by atoms with E-state index in [9.17, 15) is 14.0 Å². The van der Waals surface area contributed by atoms with Crippen molar-refractivity contribution in [1.29, 1.82) is 0 Å². The lowest BCUT2D eigenvalue weighted by atomic mass is 10.2. The summed E-state index contributed by atoms with van der Waals surface area (Å²) in [5.41, 5.74) is 2.76. The van der Waals surface area contributed by atoms with Gasteiger partial charge in [0.25, 0.3) is 0 Å². The van der Waals surface area contributed by atoms with E-state index in [0.717, 1.165) is 20.9 Å². The zero-order valence-electron chi connectivity index (χ0n) is 17.9. The first kappa shape index (κ1) is 21.5. The average Bonchev–Trinajstić information content (AvgIpc) is 3.44. The molecule has 0 radical (unpaired) electrons. The summed E-state index contributed by atoms with van der Waals surface area (Å²) < 4.78 is 16.0. The van der Waals surface area contributed by atoms with E-state index in [1.165, 1.54) is 38.6 Å². The van der Waals surface area contributed by atoms with E-state index >= 15 is 0 Å². The Bertz CT molecular complexity index is 1560. The Morgan fingerprint density at radius 3 is 2.71 bits per heavy atom. The van der Waals surface area contributed by atoms with E-state index in [4.69, 9.17) is 0 Å². The molecule has 3 heterocycles. The Hall–Kier alpha value is -4.30. The van der Waals surface area contributed by atoms with Crippen LogP contribution in [0.4, 0.5) is 10.1 Å². The van der Waals surface area contributed by atoms with Gasteiger partial charge in [-0.3, -0.25) is 9.20 Å². The van der Waals surface area contributed by atoms with Crippen molar-refractivity contribution in [3.8, 4) is 10.4 Å². The molecular formula is C26H19FN4O2S. The van der Waals surface area contributed by atoms with Crippen LogP contribution in [-0.4, -0.2) is 20.1 Å². The predicted octanol–water partition coefficient (Wildman–Crippen LogP) is 5.06. The van der Waals surface area contributed by atoms with Crippen molar-refractivity contribution in [2.45, 2.75) is 6.54 Å². The molecule has 0 aliphatic carbocycles. The van der Waals surface area contributed by atoms with Gasteiger partial charge in [-0.1, -0.05) is 30.3 Å². The second-order valence-electron chi connectivity index (χ2n) is 7.60. The molecule has 0 aliphatic rings. The molecule has 5 aromatic rings. The number of pyridine rings is 1. The highest BCUT2D eigenvalue weighted by Crippen LogP contribution is 2.29. The number of benzene rings is 2. The predicted molar refractivity (Wildman–Crippen MR) is 132 cm³/mol. The highest BCUT2D eigenvalue weighted by molar-refractivity contribution is 7.16. The minimum absolute atomic E-state index is 0.219. The summed E-state index contributed by atoms with van der Waals surface area (Å²) in [5, 5.41) is 7.19. The molecule has 0 saturated carbocycles. The molecule has 0 spiro atoms. The quantitative estimate of drug-likeness (QED) is 0.353. The number of aromatic nitrogens is 3. The van der Waals surface area contributed by atoms with Gasteiger partial charge in [0, 0.05) is 27.7 Å². The minimum Gasteiger partial charge on any atom is -0.323 e. The molecule has 5 rings (SSSR count). The third-order valence-corrected chi connectivity index (χ3v) is 6.27. The fourth-order valence-electron chi connectivity index (χ4n) is 3.54. The van der Waals surface area contributed by atoms with Gasteiger partial charge in [-0.25, -0.2) is 13.9 Å². The van der Waals surface area contributed by atoms with Gasteiger partial charge in [0.15, 0.2) is 5.65 Å². The molecule has 0 unspecified atom stereocenters. The van der Waals surface area contributed by atoms with Gasteiger partial charge in [-0.15, -0.1) is 16.4 Å². The number of fused-ring (bicyclic) bond motifs is 1. The normalized spacial score (nSPS) is 11.3. The van der Waals surface area contributed by atoms with E-state index < -0.39 is 0 Å². The Kier molecular flexibility index (Phi) is 5.88. The second kappa shape index (κ2) is 9.29. The summed E-state index contributed by atoms with van der Waals surface area (Å²) in [4.78, 5) is 26.8. The van der Waals surface area contributed by atoms with Crippen molar-refractivity contribution in [3.05, 3.63) is 118 Å². The zero-order valence-corrected chi connectivity index (χ0v) is 18.7. The fourth-order valence-corrected chi connectivity index (χ4v) is 4.46. The first-order valence-corrected chi connectivity index (χ1v) is 11.3. The number of anilines is 1. The first-order chi connectivity index (χ1) is 16.5. The first-order valence-electron chi connectivity index (χ1n) is 10.5. The van der Waals surface area contributed by atoms with Crippen LogP contribution in [0.15, 0.2) is 95.9 Å². The lowest BCUT2D eigenvalue weighted by Gasteiger charge is -2.05. The Morgan fingerprint density at radius 2 is 1.88 bits per heavy atom. The third kappa shape index (κ3) is 4.72. The molecule has 8 heteroatoms. The summed E-state index contributed by atoms with van der Waals surface area (Å²) in [6.07, 6.45) is 4.90. The molecule has 0 saturated heterocycles. The summed E-state index contributed by atoms with van der Waals surface area (Å²) in [7, 11) is 0. The Balaban J connectivity index is 1.25. The number of carbonyl (C=O) groups excluding carboxylic acids is 1. The number of nitrogens with zero attached hydrogens (tertiary/aromatic N) is 3. The minimum atomic E-state index is -0.272. The Morgan fingerprint density at radius 1 is 1.03 bits per heavy atom. The lowest BCUT2D eigenvalue weighted by Crippen LogP contribution is -2.21. The van der Waals surface area contributed by atoms with Gasteiger partial charge < -0.3 is 5.32 Å². The molecule has 0 atom stereocenters. The molecule has 34 heavy (non-hydrogen) atoms. The molecule has 0 aliphatic heterocycles. The van der Waals surface area contributed by atoms with Crippen molar-refractivity contribution in [3.63, 3.8) is 0 Å². The van der Waals surface area contributed by atoms with Gasteiger partial charge in [-0.2, -0.15) is 0 Å². The van der Waals surface area contributed by atoms with Gasteiger partial charge in [-0.05, 0) is 65.7 Å².